The fourth-order valence-electron chi connectivity index (χ4n) is 8.71. The van der Waals surface area contributed by atoms with Crippen LogP contribution in [0.25, 0.3) is 0 Å². The molecular formula is C27H46O4. The molecule has 4 N–H and O–H groups in total. The molecule has 31 heavy (non-hydrogen) atoms. The van der Waals surface area contributed by atoms with E-state index in [-0.39, 0.29) is 24.0 Å². The van der Waals surface area contributed by atoms with Crippen molar-refractivity contribution in [2.24, 2.45) is 40.4 Å². The minimum Gasteiger partial charge on any atom is -0.396 e. The van der Waals surface area contributed by atoms with Crippen molar-refractivity contribution in [2.75, 3.05) is 6.61 Å². The Morgan fingerprint density at radius 2 is 1.74 bits per heavy atom. The van der Waals surface area contributed by atoms with Crippen molar-refractivity contribution >= 4 is 0 Å². The van der Waals surface area contributed by atoms with Crippen LogP contribution in [-0.4, -0.2) is 45.3 Å². The fourth-order valence-corrected chi connectivity index (χ4v) is 8.71. The average Bonchev–Trinajstić information content (AvgIpc) is 3.01. The highest BCUT2D eigenvalue weighted by molar-refractivity contribution is 5.33. The second-order valence-corrected chi connectivity index (χ2v) is 12.3. The summed E-state index contributed by atoms with van der Waals surface area (Å²) in [6.07, 6.45) is 9.06. The van der Waals surface area contributed by atoms with Crippen LogP contribution in [0.2, 0.25) is 0 Å². The Morgan fingerprint density at radius 1 is 1.00 bits per heavy atom. The van der Waals surface area contributed by atoms with Crippen molar-refractivity contribution in [3.05, 3.63) is 11.1 Å². The van der Waals surface area contributed by atoms with Gasteiger partial charge in [-0.15, -0.1) is 0 Å². The molecule has 4 aliphatic carbocycles. The highest BCUT2D eigenvalue weighted by atomic mass is 16.3. The largest absolute Gasteiger partial charge is 0.396 e. The summed E-state index contributed by atoms with van der Waals surface area (Å²) in [5.74, 6) is 2.71. The van der Waals surface area contributed by atoms with Gasteiger partial charge in [-0.25, -0.2) is 0 Å². The Morgan fingerprint density at radius 3 is 2.45 bits per heavy atom. The third kappa shape index (κ3) is 3.94. The summed E-state index contributed by atoms with van der Waals surface area (Å²) in [5.41, 5.74) is 2.45. The van der Waals surface area contributed by atoms with Crippen molar-refractivity contribution in [1.82, 2.24) is 0 Å². The first kappa shape index (κ1) is 23.7. The van der Waals surface area contributed by atoms with Crippen LogP contribution in [-0.2, 0) is 0 Å². The van der Waals surface area contributed by atoms with E-state index >= 15 is 0 Å². The number of aliphatic hydroxyl groups is 4. The van der Waals surface area contributed by atoms with Gasteiger partial charge in [0.05, 0.1) is 18.3 Å². The van der Waals surface area contributed by atoms with Crippen molar-refractivity contribution in [2.45, 2.75) is 110 Å². The second-order valence-electron chi connectivity index (χ2n) is 12.3. The zero-order valence-electron chi connectivity index (χ0n) is 20.2. The van der Waals surface area contributed by atoms with Crippen LogP contribution in [0.5, 0.6) is 0 Å². The fraction of sp³-hybridized carbons (Fsp3) is 0.926. The number of fused-ring (bicyclic) bond motifs is 5. The predicted octanol–water partition coefficient (Wildman–Crippen LogP) is 4.45. The summed E-state index contributed by atoms with van der Waals surface area (Å²) >= 11 is 0. The number of rotatable bonds is 5. The summed E-state index contributed by atoms with van der Waals surface area (Å²) < 4.78 is 0. The summed E-state index contributed by atoms with van der Waals surface area (Å²) in [5, 5.41) is 41.7. The first-order chi connectivity index (χ1) is 14.6. The molecule has 0 radical (unpaired) electrons. The van der Waals surface area contributed by atoms with Crippen molar-refractivity contribution in [3.8, 4) is 0 Å². The molecule has 178 valence electrons. The van der Waals surface area contributed by atoms with Crippen LogP contribution in [0, 0.1) is 40.4 Å². The van der Waals surface area contributed by atoms with Crippen molar-refractivity contribution < 1.29 is 20.4 Å². The molecule has 0 aromatic carbocycles. The summed E-state index contributed by atoms with van der Waals surface area (Å²) in [6.45, 7) is 9.07. The van der Waals surface area contributed by atoms with Crippen LogP contribution in [0.4, 0.5) is 0 Å². The molecule has 10 unspecified atom stereocenters. The van der Waals surface area contributed by atoms with E-state index in [1.165, 1.54) is 19.3 Å². The van der Waals surface area contributed by atoms with Crippen LogP contribution < -0.4 is 0 Å². The average molecular weight is 435 g/mol. The molecule has 0 amide bonds. The van der Waals surface area contributed by atoms with Crippen molar-refractivity contribution in [1.29, 1.82) is 0 Å². The molecule has 10 atom stereocenters. The van der Waals surface area contributed by atoms with Gasteiger partial charge in [-0.1, -0.05) is 20.8 Å². The normalized spacial score (nSPS) is 48.4. The molecule has 4 saturated carbocycles. The topological polar surface area (TPSA) is 80.9 Å². The maximum Gasteiger partial charge on any atom is 0.0762 e. The minimum absolute atomic E-state index is 0.00831. The van der Waals surface area contributed by atoms with E-state index in [1.54, 1.807) is 0 Å². The molecule has 4 heteroatoms. The van der Waals surface area contributed by atoms with E-state index in [1.807, 2.05) is 13.8 Å². The lowest BCUT2D eigenvalue weighted by atomic mass is 9.45. The van der Waals surface area contributed by atoms with Gasteiger partial charge in [-0.05, 0) is 123 Å². The number of hydrogen-bond acceptors (Lipinski definition) is 4. The van der Waals surface area contributed by atoms with Gasteiger partial charge in [0.2, 0.25) is 0 Å². The molecule has 0 aliphatic heterocycles. The first-order valence-corrected chi connectivity index (χ1v) is 13.0. The molecule has 0 aromatic heterocycles. The summed E-state index contributed by atoms with van der Waals surface area (Å²) in [6, 6.07) is 0. The van der Waals surface area contributed by atoms with Gasteiger partial charge in [0.25, 0.3) is 0 Å². The first-order valence-electron chi connectivity index (χ1n) is 13.0. The van der Waals surface area contributed by atoms with E-state index in [4.69, 9.17) is 0 Å². The summed E-state index contributed by atoms with van der Waals surface area (Å²) in [7, 11) is 0. The van der Waals surface area contributed by atoms with Crippen molar-refractivity contribution in [3.63, 3.8) is 0 Å². The Labute approximate surface area is 189 Å². The smallest absolute Gasteiger partial charge is 0.0762 e. The highest BCUT2D eigenvalue weighted by Gasteiger charge is 2.61. The minimum atomic E-state index is -0.528. The number of hydrogen-bond donors (Lipinski definition) is 4. The van der Waals surface area contributed by atoms with Gasteiger partial charge < -0.3 is 20.4 Å². The van der Waals surface area contributed by atoms with E-state index in [9.17, 15) is 20.4 Å². The second kappa shape index (κ2) is 8.74. The third-order valence-corrected chi connectivity index (χ3v) is 10.6. The van der Waals surface area contributed by atoms with E-state index < -0.39 is 12.2 Å². The standard InChI is InChI=1S/C27H46O4/c1-16(15-28)5-8-23(30)17(2)25-24(31)14-22-20-7-6-18-13-19(29)9-11-26(18,3)21(20)10-12-27(22,25)4/h16,18-24,28-31H,5-15H2,1-4H3/b25-17+. The molecule has 4 aliphatic rings. The predicted molar refractivity (Wildman–Crippen MR) is 123 cm³/mol. The van der Waals surface area contributed by atoms with Gasteiger partial charge >= 0.3 is 0 Å². The SMILES string of the molecule is C/C(=C1/C(O)CC2C3CCC4CC(O)CCC4(C)C3CCC12C)C(O)CCC(C)CO. The molecule has 0 saturated heterocycles. The van der Waals surface area contributed by atoms with E-state index in [2.05, 4.69) is 13.8 Å². The van der Waals surface area contributed by atoms with Crippen LogP contribution >= 0.6 is 0 Å². The highest BCUT2D eigenvalue weighted by Crippen LogP contribution is 2.67. The van der Waals surface area contributed by atoms with Gasteiger partial charge in [0.15, 0.2) is 0 Å². The molecule has 4 fully saturated rings. The molecule has 0 aromatic rings. The lowest BCUT2D eigenvalue weighted by Crippen LogP contribution is -2.53. The Kier molecular flexibility index (Phi) is 6.69. The van der Waals surface area contributed by atoms with Gasteiger partial charge in [-0.2, -0.15) is 0 Å². The van der Waals surface area contributed by atoms with Crippen LogP contribution in [0.3, 0.4) is 0 Å². The third-order valence-electron chi connectivity index (χ3n) is 10.6. The maximum absolute atomic E-state index is 11.2. The maximum atomic E-state index is 11.2. The van der Waals surface area contributed by atoms with Crippen LogP contribution in [0.1, 0.15) is 91.9 Å². The van der Waals surface area contributed by atoms with E-state index in [0.717, 1.165) is 49.7 Å². The zero-order valence-corrected chi connectivity index (χ0v) is 20.2. The van der Waals surface area contributed by atoms with E-state index in [0.29, 0.717) is 35.5 Å². The summed E-state index contributed by atoms with van der Waals surface area (Å²) in [4.78, 5) is 0. The molecule has 0 bridgehead atoms. The lowest BCUT2D eigenvalue weighted by molar-refractivity contribution is -0.117. The monoisotopic (exact) mass is 434 g/mol. The van der Waals surface area contributed by atoms with Gasteiger partial charge in [0.1, 0.15) is 0 Å². The van der Waals surface area contributed by atoms with Gasteiger partial charge in [-0.3, -0.25) is 0 Å². The molecular weight excluding hydrogens is 388 g/mol. The lowest BCUT2D eigenvalue weighted by Gasteiger charge is -2.60. The zero-order chi connectivity index (χ0) is 22.6. The molecule has 0 spiro atoms. The molecule has 4 rings (SSSR count). The molecule has 4 nitrogen and oxygen atoms in total. The Hall–Kier alpha value is -0.420. The Balaban J connectivity index is 1.57. The Bertz CT molecular complexity index is 689. The molecule has 0 heterocycles. The van der Waals surface area contributed by atoms with Gasteiger partial charge in [0, 0.05) is 6.61 Å². The quantitative estimate of drug-likeness (QED) is 0.482. The number of aliphatic hydroxyl groups excluding tert-OH is 4. The van der Waals surface area contributed by atoms with Crippen LogP contribution in [0.15, 0.2) is 11.1 Å².